The lowest BCUT2D eigenvalue weighted by atomic mass is 9.96. The number of hydrogen-bond donors (Lipinski definition) is 1. The Hall–Kier alpha value is -3.90. The van der Waals surface area contributed by atoms with Gasteiger partial charge in [0.15, 0.2) is 11.5 Å². The van der Waals surface area contributed by atoms with Crippen LogP contribution in [0.4, 0.5) is 10.7 Å². The molecule has 6 heteroatoms. The van der Waals surface area contributed by atoms with E-state index in [1.807, 2.05) is 54.7 Å². The van der Waals surface area contributed by atoms with E-state index in [9.17, 15) is 4.79 Å². The molecule has 0 radical (unpaired) electrons. The topological polar surface area (TPSA) is 59.9 Å². The number of benzene rings is 3. The number of aryl methyl sites for hydroxylation is 2. The van der Waals surface area contributed by atoms with E-state index in [4.69, 9.17) is 14.5 Å². The number of nitrogens with zero attached hydrogens (tertiary/aromatic N) is 1. The number of fused-ring (bicyclic) bond motifs is 1. The number of hydrogen-bond acceptors (Lipinski definition) is 5. The van der Waals surface area contributed by atoms with Crippen molar-refractivity contribution in [2.75, 3.05) is 12.4 Å². The lowest BCUT2D eigenvalue weighted by molar-refractivity contribution is 0.102. The molecule has 1 aliphatic carbocycles. The number of ether oxygens (including phenoxy) is 2. The first-order valence-corrected chi connectivity index (χ1v) is 14.3. The van der Waals surface area contributed by atoms with E-state index in [2.05, 4.69) is 36.5 Å². The minimum absolute atomic E-state index is 0.0937. The summed E-state index contributed by atoms with van der Waals surface area (Å²) in [6.07, 6.45) is 8.41. The Bertz CT molecular complexity index is 1440. The fourth-order valence-corrected chi connectivity index (χ4v) is 6.04. The van der Waals surface area contributed by atoms with Crippen molar-refractivity contribution in [2.45, 2.75) is 52.1 Å². The molecule has 0 spiro atoms. The number of nitrogens with one attached hydrogen (secondary N) is 1. The molecule has 200 valence electrons. The summed E-state index contributed by atoms with van der Waals surface area (Å²) in [7, 11) is 1.64. The highest BCUT2D eigenvalue weighted by atomic mass is 32.1. The van der Waals surface area contributed by atoms with Crippen LogP contribution in [-0.4, -0.2) is 19.2 Å². The second-order valence-corrected chi connectivity index (χ2v) is 10.9. The Morgan fingerprint density at radius 2 is 1.72 bits per heavy atom. The molecule has 39 heavy (non-hydrogen) atoms. The van der Waals surface area contributed by atoms with Crippen molar-refractivity contribution in [3.05, 3.63) is 105 Å². The van der Waals surface area contributed by atoms with Crippen LogP contribution in [0.15, 0.2) is 77.8 Å². The molecule has 4 aromatic rings. The number of methoxy groups -OCH3 is 1. The average Bonchev–Trinajstić information content (AvgIpc) is 3.28. The van der Waals surface area contributed by atoms with Gasteiger partial charge in [-0.2, -0.15) is 0 Å². The smallest absolute Gasteiger partial charge is 0.259 e. The SMILES string of the molecule is COc1cc(C=Nc2sc3c(c2C(=O)Nc2ccccc2)CCCCCC3)ccc1OCc1ccc(C)cc1. The summed E-state index contributed by atoms with van der Waals surface area (Å²) < 4.78 is 11.7. The summed E-state index contributed by atoms with van der Waals surface area (Å²) in [5.41, 5.74) is 5.86. The van der Waals surface area contributed by atoms with Gasteiger partial charge in [0.05, 0.1) is 12.7 Å². The highest BCUT2D eigenvalue weighted by molar-refractivity contribution is 7.16. The zero-order valence-corrected chi connectivity index (χ0v) is 23.4. The predicted octanol–water partition coefficient (Wildman–Crippen LogP) is 8.31. The highest BCUT2D eigenvalue weighted by Crippen LogP contribution is 2.39. The van der Waals surface area contributed by atoms with Crippen molar-refractivity contribution in [3.8, 4) is 11.5 Å². The number of thiophene rings is 1. The quantitative estimate of drug-likeness (QED) is 0.230. The fraction of sp³-hybridized carbons (Fsp3) is 0.273. The first kappa shape index (κ1) is 26.7. The monoisotopic (exact) mass is 538 g/mol. The van der Waals surface area contributed by atoms with Crippen LogP contribution in [0.2, 0.25) is 0 Å². The van der Waals surface area contributed by atoms with Gasteiger partial charge in [0, 0.05) is 16.8 Å². The lowest BCUT2D eigenvalue weighted by Crippen LogP contribution is -2.14. The summed E-state index contributed by atoms with van der Waals surface area (Å²) in [4.78, 5) is 19.7. The van der Waals surface area contributed by atoms with Crippen molar-refractivity contribution in [1.82, 2.24) is 0 Å². The number of carbonyl (C=O) groups excluding carboxylic acids is 1. The largest absolute Gasteiger partial charge is 0.493 e. The molecule has 5 nitrogen and oxygen atoms in total. The Labute approximate surface area is 234 Å². The number of anilines is 1. The van der Waals surface area contributed by atoms with Gasteiger partial charge in [0.25, 0.3) is 5.91 Å². The van der Waals surface area contributed by atoms with E-state index in [1.54, 1.807) is 18.4 Å². The van der Waals surface area contributed by atoms with Gasteiger partial charge in [-0.3, -0.25) is 4.79 Å². The average molecular weight is 539 g/mol. The molecule has 0 saturated carbocycles. The van der Waals surface area contributed by atoms with Crippen LogP contribution in [0.25, 0.3) is 0 Å². The molecule has 5 rings (SSSR count). The Morgan fingerprint density at radius 1 is 0.949 bits per heavy atom. The Kier molecular flexibility index (Phi) is 8.74. The molecule has 1 aliphatic rings. The molecule has 1 N–H and O–H groups in total. The third-order valence-corrected chi connectivity index (χ3v) is 8.14. The van der Waals surface area contributed by atoms with Gasteiger partial charge in [-0.25, -0.2) is 4.99 Å². The lowest BCUT2D eigenvalue weighted by Gasteiger charge is -2.12. The van der Waals surface area contributed by atoms with Crippen LogP contribution in [-0.2, 0) is 19.4 Å². The van der Waals surface area contributed by atoms with Gasteiger partial charge in [-0.15, -0.1) is 11.3 Å². The van der Waals surface area contributed by atoms with Gasteiger partial charge >= 0.3 is 0 Å². The second-order valence-electron chi connectivity index (χ2n) is 9.86. The highest BCUT2D eigenvalue weighted by Gasteiger charge is 2.24. The molecule has 1 amide bonds. The van der Waals surface area contributed by atoms with Crippen molar-refractivity contribution in [1.29, 1.82) is 0 Å². The van der Waals surface area contributed by atoms with Gasteiger partial charge < -0.3 is 14.8 Å². The number of amides is 1. The van der Waals surface area contributed by atoms with Crippen LogP contribution in [0.3, 0.4) is 0 Å². The Balaban J connectivity index is 1.39. The standard InChI is InChI=1S/C33H34N2O3S/c1-23-14-16-24(17-15-23)22-38-28-19-18-25(20-29(28)37-2)21-34-33-31(32(36)35-26-10-6-5-7-11-26)27-12-8-3-4-9-13-30(27)39-33/h5-7,10-11,14-21H,3-4,8-9,12-13,22H2,1-2H3,(H,35,36). The molecular weight excluding hydrogens is 504 g/mol. The molecular formula is C33H34N2O3S. The van der Waals surface area contributed by atoms with E-state index < -0.39 is 0 Å². The summed E-state index contributed by atoms with van der Waals surface area (Å²) in [6, 6.07) is 23.7. The molecule has 3 aromatic carbocycles. The summed E-state index contributed by atoms with van der Waals surface area (Å²) in [5, 5.41) is 3.84. The maximum atomic E-state index is 13.5. The van der Waals surface area contributed by atoms with Gasteiger partial charge in [0.2, 0.25) is 0 Å². The van der Waals surface area contributed by atoms with E-state index in [-0.39, 0.29) is 5.91 Å². The third-order valence-electron chi connectivity index (χ3n) is 6.94. The number of aliphatic imine (C=N–C) groups is 1. The first-order chi connectivity index (χ1) is 19.1. The van der Waals surface area contributed by atoms with Gasteiger partial charge in [-0.1, -0.05) is 60.9 Å². The van der Waals surface area contributed by atoms with Crippen molar-refractivity contribution < 1.29 is 14.3 Å². The zero-order chi connectivity index (χ0) is 27.0. The van der Waals surface area contributed by atoms with Crippen molar-refractivity contribution in [2.24, 2.45) is 4.99 Å². The molecule has 1 heterocycles. The van der Waals surface area contributed by atoms with Gasteiger partial charge in [0.1, 0.15) is 11.6 Å². The van der Waals surface area contributed by atoms with E-state index in [0.29, 0.717) is 23.7 Å². The molecule has 0 bridgehead atoms. The van der Waals surface area contributed by atoms with Crippen molar-refractivity contribution >= 4 is 34.1 Å². The van der Waals surface area contributed by atoms with Gasteiger partial charge in [-0.05, 0) is 79.6 Å². The number of carbonyl (C=O) groups is 1. The molecule has 0 fully saturated rings. The molecule has 0 saturated heterocycles. The molecule has 1 aromatic heterocycles. The van der Waals surface area contributed by atoms with E-state index in [1.165, 1.54) is 23.3 Å². The Morgan fingerprint density at radius 3 is 2.49 bits per heavy atom. The van der Waals surface area contributed by atoms with Crippen LogP contribution in [0.5, 0.6) is 11.5 Å². The van der Waals surface area contributed by atoms with Crippen LogP contribution >= 0.6 is 11.3 Å². The van der Waals surface area contributed by atoms with Crippen LogP contribution in [0.1, 0.15) is 63.2 Å². The normalized spacial score (nSPS) is 13.4. The van der Waals surface area contributed by atoms with E-state index >= 15 is 0 Å². The second kappa shape index (κ2) is 12.8. The van der Waals surface area contributed by atoms with Crippen LogP contribution in [0, 0.1) is 6.92 Å². The predicted molar refractivity (Wildman–Crippen MR) is 160 cm³/mol. The summed E-state index contributed by atoms with van der Waals surface area (Å²) >= 11 is 1.65. The summed E-state index contributed by atoms with van der Waals surface area (Å²) in [5.74, 6) is 1.23. The zero-order valence-electron chi connectivity index (χ0n) is 22.5. The molecule has 0 unspecified atom stereocenters. The third kappa shape index (κ3) is 6.76. The van der Waals surface area contributed by atoms with E-state index in [0.717, 1.165) is 53.1 Å². The minimum Gasteiger partial charge on any atom is -0.493 e. The fourth-order valence-electron chi connectivity index (χ4n) is 4.81. The first-order valence-electron chi connectivity index (χ1n) is 13.5. The summed E-state index contributed by atoms with van der Waals surface area (Å²) in [6.45, 7) is 2.53. The number of rotatable bonds is 8. The maximum Gasteiger partial charge on any atom is 0.259 e. The minimum atomic E-state index is -0.0937. The molecule has 0 aliphatic heterocycles. The maximum absolute atomic E-state index is 13.5. The van der Waals surface area contributed by atoms with Crippen molar-refractivity contribution in [3.63, 3.8) is 0 Å². The number of para-hydroxylation sites is 1. The van der Waals surface area contributed by atoms with Crippen LogP contribution < -0.4 is 14.8 Å². The molecule has 0 atom stereocenters.